The summed E-state index contributed by atoms with van der Waals surface area (Å²) >= 11 is 0. The van der Waals surface area contributed by atoms with Crippen molar-refractivity contribution in [2.75, 3.05) is 4.90 Å². The number of aryl methyl sites for hydroxylation is 4. The Hall–Kier alpha value is -8.46. The molecule has 88 heavy (non-hydrogen) atoms. The van der Waals surface area contributed by atoms with Crippen molar-refractivity contribution < 1.29 is 0 Å². The third kappa shape index (κ3) is 13.6. The van der Waals surface area contributed by atoms with Gasteiger partial charge in [-0.15, -0.1) is 0 Å². The number of fused-ring (bicyclic) bond motifs is 10. The Bertz CT molecular complexity index is 4260. The van der Waals surface area contributed by atoms with Crippen molar-refractivity contribution in [2.24, 2.45) is 11.8 Å². The van der Waals surface area contributed by atoms with Gasteiger partial charge in [-0.2, -0.15) is 0 Å². The highest BCUT2D eigenvalue weighted by molar-refractivity contribution is 6.11. The van der Waals surface area contributed by atoms with Gasteiger partial charge in [-0.1, -0.05) is 283 Å². The summed E-state index contributed by atoms with van der Waals surface area (Å²) < 4.78 is 2.53. The number of para-hydroxylation sites is 1. The number of nitrogens with zero attached hydrogens (tertiary/aromatic N) is 2. The van der Waals surface area contributed by atoms with Crippen LogP contribution in [0.25, 0.3) is 67.0 Å². The van der Waals surface area contributed by atoms with Gasteiger partial charge in [0.2, 0.25) is 0 Å². The van der Waals surface area contributed by atoms with Crippen molar-refractivity contribution in [1.29, 1.82) is 0 Å². The van der Waals surface area contributed by atoms with Crippen LogP contribution in [-0.2, 0) is 10.8 Å². The first kappa shape index (κ1) is 65.5. The molecule has 1 heterocycles. The zero-order valence-corrected chi connectivity index (χ0v) is 56.4. The fourth-order valence-electron chi connectivity index (χ4n) is 12.5. The monoisotopic (exact) mass is 1160 g/mol. The van der Waals surface area contributed by atoms with Crippen LogP contribution in [0.5, 0.6) is 0 Å². The summed E-state index contributed by atoms with van der Waals surface area (Å²) in [5.74, 6) is 1.70. The van der Waals surface area contributed by atoms with Crippen LogP contribution in [0, 0.1) is 39.5 Å². The van der Waals surface area contributed by atoms with Gasteiger partial charge in [0.05, 0.1) is 11.0 Å². The molecule has 3 aliphatic rings. The number of hydrogen-bond acceptors (Lipinski definition) is 1. The first-order chi connectivity index (χ1) is 42.5. The molecule has 0 atom stereocenters. The Labute approximate surface area is 530 Å². The number of rotatable bonds is 6. The van der Waals surface area contributed by atoms with Gasteiger partial charge in [-0.3, -0.25) is 0 Å². The van der Waals surface area contributed by atoms with Crippen LogP contribution in [0.15, 0.2) is 224 Å². The number of hydrogen-bond donors (Lipinski definition) is 0. The van der Waals surface area contributed by atoms with Gasteiger partial charge in [0.15, 0.2) is 0 Å². The average Bonchev–Trinajstić information content (AvgIpc) is 1.70. The maximum Gasteiger partial charge on any atom is 0.0538 e. The first-order valence-corrected chi connectivity index (χ1v) is 32.8. The zero-order chi connectivity index (χ0) is 63.5. The molecular weight excluding hydrogens is 1060 g/mol. The van der Waals surface area contributed by atoms with Gasteiger partial charge in [0.25, 0.3) is 0 Å². The minimum absolute atomic E-state index is 0.0781. The largest absolute Gasteiger partial charge is 0.312 e. The van der Waals surface area contributed by atoms with Crippen LogP contribution in [0.4, 0.5) is 17.1 Å². The normalized spacial score (nSPS) is 13.0. The smallest absolute Gasteiger partial charge is 0.0538 e. The standard InChI is InChI=1S/C51H42N2.C16H16.C7H8.C6H14.3C2H6/c1-33-21-25-49-44(29-33)45-31-36(22-26-50(45)53(49)48-20-12-14-35-13-8-9-17-41(35)48)37-27-34(2)28-40(30-37)52(38-15-6-5-7-16-38)39-23-24-43-42-18-10-11-19-46(42)51(3,4)47(43)32-39;1-11-8-9-13-12-6-4-5-7-14(12)16(2,3)15(13)10-11;1-7-5-3-2-4-6-7;1-5(2)6(3)4;3*1-2/h5-11,13-19,21-32H,12,20H2,1-4H3;4-10H,1-3H3;2-6H,1H3;5-6H,1-4H3;3*1-2H3. The van der Waals surface area contributed by atoms with Crippen molar-refractivity contribution in [1.82, 2.24) is 4.57 Å². The second kappa shape index (κ2) is 29.0. The van der Waals surface area contributed by atoms with Gasteiger partial charge in [-0.25, -0.2) is 0 Å². The summed E-state index contributed by atoms with van der Waals surface area (Å²) in [4.78, 5) is 2.43. The van der Waals surface area contributed by atoms with Gasteiger partial charge >= 0.3 is 0 Å². The number of anilines is 3. The molecule has 0 amide bonds. The molecule has 2 nitrogen and oxygen atoms in total. The fourth-order valence-corrected chi connectivity index (χ4v) is 12.5. The minimum atomic E-state index is -0.0781. The molecule has 0 saturated carbocycles. The second-order valence-electron chi connectivity index (χ2n) is 24.9. The highest BCUT2D eigenvalue weighted by Crippen LogP contribution is 2.52. The number of benzene rings is 10. The van der Waals surface area contributed by atoms with Crippen LogP contribution < -0.4 is 15.3 Å². The predicted molar refractivity (Wildman–Crippen MR) is 388 cm³/mol. The van der Waals surface area contributed by atoms with Crippen molar-refractivity contribution in [3.8, 4) is 33.4 Å². The van der Waals surface area contributed by atoms with Gasteiger partial charge in [0, 0.05) is 49.6 Å². The van der Waals surface area contributed by atoms with Gasteiger partial charge in [0.1, 0.15) is 0 Å². The Morgan fingerprint density at radius 2 is 0.852 bits per heavy atom. The Kier molecular flexibility index (Phi) is 21.6. The Morgan fingerprint density at radius 3 is 1.44 bits per heavy atom. The molecule has 11 aromatic rings. The van der Waals surface area contributed by atoms with Crippen LogP contribution in [0.3, 0.4) is 0 Å². The summed E-state index contributed by atoms with van der Waals surface area (Å²) in [5.41, 5.74) is 26.3. The van der Waals surface area contributed by atoms with E-state index < -0.39 is 0 Å². The van der Waals surface area contributed by atoms with E-state index in [-0.39, 0.29) is 10.8 Å². The van der Waals surface area contributed by atoms with E-state index in [1.807, 2.05) is 59.7 Å². The highest BCUT2D eigenvalue weighted by atomic mass is 15.1. The second-order valence-corrected chi connectivity index (χ2v) is 24.9. The molecule has 452 valence electrons. The predicted octanol–water partition coefficient (Wildman–Crippen LogP) is 23.8. The molecule has 0 radical (unpaired) electrons. The molecule has 1 aromatic heterocycles. The molecule has 0 unspecified atom stereocenters. The van der Waals surface area contributed by atoms with E-state index >= 15 is 0 Å². The van der Waals surface area contributed by atoms with E-state index in [0.717, 1.165) is 36.1 Å². The molecule has 0 aliphatic heterocycles. The molecule has 0 bridgehead atoms. The Balaban J connectivity index is 0.000000233. The summed E-state index contributed by atoms with van der Waals surface area (Å²) in [6.45, 7) is 39.0. The summed E-state index contributed by atoms with van der Waals surface area (Å²) in [7, 11) is 0. The third-order valence-corrected chi connectivity index (χ3v) is 17.7. The topological polar surface area (TPSA) is 8.17 Å². The van der Waals surface area contributed by atoms with Crippen LogP contribution >= 0.6 is 0 Å². The molecule has 0 spiro atoms. The van der Waals surface area contributed by atoms with Crippen LogP contribution in [0.1, 0.15) is 154 Å². The van der Waals surface area contributed by atoms with Crippen molar-refractivity contribution in [2.45, 2.75) is 148 Å². The lowest BCUT2D eigenvalue weighted by molar-refractivity contribution is 0.457. The zero-order valence-electron chi connectivity index (χ0n) is 56.4. The lowest BCUT2D eigenvalue weighted by Gasteiger charge is -2.28. The fraction of sp³-hybridized carbons (Fsp3) is 0.279. The van der Waals surface area contributed by atoms with Crippen molar-refractivity contribution in [3.05, 3.63) is 279 Å². The van der Waals surface area contributed by atoms with Crippen LogP contribution in [-0.4, -0.2) is 4.57 Å². The van der Waals surface area contributed by atoms with E-state index in [1.165, 1.54) is 122 Å². The van der Waals surface area contributed by atoms with E-state index in [0.29, 0.717) is 0 Å². The van der Waals surface area contributed by atoms with E-state index in [1.54, 1.807) is 0 Å². The molecule has 0 saturated heterocycles. The van der Waals surface area contributed by atoms with Crippen LogP contribution in [0.2, 0.25) is 0 Å². The highest BCUT2D eigenvalue weighted by Gasteiger charge is 2.37. The number of aromatic nitrogens is 1. The molecule has 0 N–H and O–H groups in total. The first-order valence-electron chi connectivity index (χ1n) is 32.8. The lowest BCUT2D eigenvalue weighted by atomic mass is 9.82. The quantitative estimate of drug-likeness (QED) is 0.161. The SMILES string of the molecule is CC.CC.CC.CC(C)C(C)C.Cc1cc(-c2ccc3c(c2)c2cc(C)ccc2n3C2=c3ccccc3=CCC2)cc(N(c2ccccc2)c2ccc3c(c2)C(C)(C)c2ccccc2-3)c1.Cc1ccc2c(c1)C(C)(C)c1ccccc1-2.Cc1ccccc1. The Morgan fingerprint density at radius 1 is 0.364 bits per heavy atom. The molecule has 14 rings (SSSR count). The lowest BCUT2D eigenvalue weighted by Crippen LogP contribution is -2.31. The molecule has 0 fully saturated rings. The third-order valence-electron chi connectivity index (χ3n) is 17.7. The molecular formula is C86H98N2. The minimum Gasteiger partial charge on any atom is -0.312 e. The van der Waals surface area contributed by atoms with E-state index in [9.17, 15) is 0 Å². The summed E-state index contributed by atoms with van der Waals surface area (Å²) in [5, 5.41) is 5.27. The maximum absolute atomic E-state index is 2.53. The maximum atomic E-state index is 2.53. The molecule has 10 aromatic carbocycles. The van der Waals surface area contributed by atoms with Crippen molar-refractivity contribution in [3.63, 3.8) is 0 Å². The van der Waals surface area contributed by atoms with E-state index in [4.69, 9.17) is 0 Å². The van der Waals surface area contributed by atoms with Gasteiger partial charge in [-0.05, 0) is 179 Å². The average molecular weight is 1160 g/mol. The van der Waals surface area contributed by atoms with E-state index in [2.05, 4.69) is 305 Å². The summed E-state index contributed by atoms with van der Waals surface area (Å²) in [6.07, 6.45) is 4.45. The molecule has 2 heteroatoms. The van der Waals surface area contributed by atoms with Crippen molar-refractivity contribution >= 4 is 50.6 Å². The molecule has 3 aliphatic carbocycles. The van der Waals surface area contributed by atoms with Gasteiger partial charge < -0.3 is 9.47 Å². The summed E-state index contributed by atoms with van der Waals surface area (Å²) in [6, 6.07) is 82.5.